The Balaban J connectivity index is 1.56. The molecule has 2 aliphatic rings. The van der Waals surface area contributed by atoms with Crippen molar-refractivity contribution in [1.82, 2.24) is 20.4 Å². The average molecular weight is 324 g/mol. The monoisotopic (exact) mass is 324 g/mol. The van der Waals surface area contributed by atoms with E-state index in [-0.39, 0.29) is 11.9 Å². The van der Waals surface area contributed by atoms with E-state index in [0.29, 0.717) is 43.9 Å². The summed E-state index contributed by atoms with van der Waals surface area (Å²) in [7, 11) is 1.63. The second kappa shape index (κ2) is 7.85. The third-order valence-electron chi connectivity index (χ3n) is 4.40. The number of ether oxygens (including phenoxy) is 2. The van der Waals surface area contributed by atoms with Crippen LogP contribution in [0.1, 0.15) is 43.4 Å². The van der Waals surface area contributed by atoms with E-state index in [0.717, 1.165) is 32.5 Å². The predicted octanol–water partition coefficient (Wildman–Crippen LogP) is 0.648. The number of rotatable bonds is 7. The fourth-order valence-electron chi connectivity index (χ4n) is 3.07. The van der Waals surface area contributed by atoms with Crippen LogP contribution in [0.4, 0.5) is 0 Å². The zero-order valence-electron chi connectivity index (χ0n) is 13.5. The van der Waals surface area contributed by atoms with Crippen molar-refractivity contribution in [1.29, 1.82) is 0 Å². The van der Waals surface area contributed by atoms with Crippen LogP contribution in [0.15, 0.2) is 4.52 Å². The second-order valence-corrected chi connectivity index (χ2v) is 5.95. The lowest BCUT2D eigenvalue weighted by atomic mass is 10.1. The third kappa shape index (κ3) is 4.07. The van der Waals surface area contributed by atoms with E-state index in [1.807, 2.05) is 0 Å². The largest absolute Gasteiger partial charge is 0.383 e. The first kappa shape index (κ1) is 16.4. The molecule has 0 aliphatic carbocycles. The van der Waals surface area contributed by atoms with Crippen molar-refractivity contribution in [2.24, 2.45) is 0 Å². The lowest BCUT2D eigenvalue weighted by molar-refractivity contribution is -0.130. The molecule has 8 heteroatoms. The molecule has 1 aromatic heterocycles. The summed E-state index contributed by atoms with van der Waals surface area (Å²) in [4.78, 5) is 18.2. The van der Waals surface area contributed by atoms with Crippen LogP contribution in [0.25, 0.3) is 0 Å². The van der Waals surface area contributed by atoms with Gasteiger partial charge in [-0.05, 0) is 19.3 Å². The summed E-state index contributed by atoms with van der Waals surface area (Å²) >= 11 is 0. The predicted molar refractivity (Wildman–Crippen MR) is 80.5 cm³/mol. The summed E-state index contributed by atoms with van der Waals surface area (Å²) < 4.78 is 15.8. The van der Waals surface area contributed by atoms with Gasteiger partial charge in [0.2, 0.25) is 11.8 Å². The number of carbonyl (C=O) groups excluding carboxylic acids is 1. The standard InChI is InChI=1S/C15H24N4O4/c1-21-9-6-19-12(2-3-14(19)20)15-17-13(18-23-15)10-16-11-4-7-22-8-5-11/h11-12,16H,2-10H2,1H3/t12-/m0/s1. The van der Waals surface area contributed by atoms with E-state index < -0.39 is 0 Å². The fourth-order valence-corrected chi connectivity index (χ4v) is 3.07. The molecule has 1 atom stereocenters. The Labute approximate surface area is 135 Å². The first-order valence-corrected chi connectivity index (χ1v) is 8.20. The molecule has 3 rings (SSSR count). The summed E-state index contributed by atoms with van der Waals surface area (Å²) in [5, 5.41) is 7.47. The Morgan fingerprint density at radius 2 is 2.17 bits per heavy atom. The van der Waals surface area contributed by atoms with E-state index in [2.05, 4.69) is 15.5 Å². The number of hydrogen-bond donors (Lipinski definition) is 1. The van der Waals surface area contributed by atoms with Crippen molar-refractivity contribution in [3.63, 3.8) is 0 Å². The van der Waals surface area contributed by atoms with Gasteiger partial charge in [0.15, 0.2) is 5.82 Å². The molecule has 3 heterocycles. The number of likely N-dealkylation sites (tertiary alicyclic amines) is 1. The van der Waals surface area contributed by atoms with Crippen LogP contribution >= 0.6 is 0 Å². The zero-order chi connectivity index (χ0) is 16.1. The van der Waals surface area contributed by atoms with E-state index in [1.165, 1.54) is 0 Å². The minimum Gasteiger partial charge on any atom is -0.383 e. The molecule has 0 spiro atoms. The van der Waals surface area contributed by atoms with Crippen LogP contribution in [0.5, 0.6) is 0 Å². The highest BCUT2D eigenvalue weighted by Crippen LogP contribution is 2.31. The van der Waals surface area contributed by atoms with Crippen molar-refractivity contribution >= 4 is 5.91 Å². The van der Waals surface area contributed by atoms with E-state index in [1.54, 1.807) is 12.0 Å². The lowest BCUT2D eigenvalue weighted by Gasteiger charge is -2.22. The van der Waals surface area contributed by atoms with Gasteiger partial charge in [0.25, 0.3) is 0 Å². The quantitative estimate of drug-likeness (QED) is 0.787. The summed E-state index contributed by atoms with van der Waals surface area (Å²) in [5.74, 6) is 1.28. The molecule has 0 radical (unpaired) electrons. The highest BCUT2D eigenvalue weighted by molar-refractivity contribution is 5.78. The number of amides is 1. The van der Waals surface area contributed by atoms with E-state index in [9.17, 15) is 4.79 Å². The van der Waals surface area contributed by atoms with Crippen molar-refractivity contribution in [3.8, 4) is 0 Å². The molecular formula is C15H24N4O4. The van der Waals surface area contributed by atoms with Crippen LogP contribution in [-0.2, 0) is 20.8 Å². The van der Waals surface area contributed by atoms with Crippen LogP contribution in [0.3, 0.4) is 0 Å². The number of nitrogens with one attached hydrogen (secondary N) is 1. The molecule has 0 bridgehead atoms. The Kier molecular flexibility index (Phi) is 5.58. The SMILES string of the molecule is COCCN1C(=O)CC[C@H]1c1nc(CNC2CCOCC2)no1. The van der Waals surface area contributed by atoms with Crippen molar-refractivity contribution in [2.45, 2.75) is 44.3 Å². The lowest BCUT2D eigenvalue weighted by Crippen LogP contribution is -2.34. The number of methoxy groups -OCH3 is 1. The highest BCUT2D eigenvalue weighted by Gasteiger charge is 2.35. The van der Waals surface area contributed by atoms with Crippen molar-refractivity contribution < 1.29 is 18.8 Å². The molecular weight excluding hydrogens is 300 g/mol. The third-order valence-corrected chi connectivity index (χ3v) is 4.40. The summed E-state index contributed by atoms with van der Waals surface area (Å²) in [5.41, 5.74) is 0. The van der Waals surface area contributed by atoms with Crippen LogP contribution in [0.2, 0.25) is 0 Å². The molecule has 23 heavy (non-hydrogen) atoms. The van der Waals surface area contributed by atoms with Crippen molar-refractivity contribution in [3.05, 3.63) is 11.7 Å². The molecule has 0 aromatic carbocycles. The molecule has 2 saturated heterocycles. The molecule has 2 aliphatic heterocycles. The molecule has 0 unspecified atom stereocenters. The van der Waals surface area contributed by atoms with Gasteiger partial charge in [0.05, 0.1) is 13.2 Å². The first-order valence-electron chi connectivity index (χ1n) is 8.20. The smallest absolute Gasteiger partial charge is 0.249 e. The molecule has 128 valence electrons. The topological polar surface area (TPSA) is 89.7 Å². The van der Waals surface area contributed by atoms with Gasteiger partial charge >= 0.3 is 0 Å². The van der Waals surface area contributed by atoms with Gasteiger partial charge in [-0.3, -0.25) is 4.79 Å². The van der Waals surface area contributed by atoms with Crippen LogP contribution < -0.4 is 5.32 Å². The Bertz CT molecular complexity index is 515. The van der Waals surface area contributed by atoms with Crippen LogP contribution in [-0.4, -0.2) is 60.5 Å². The summed E-state index contributed by atoms with van der Waals surface area (Å²) in [6.45, 7) is 3.24. The highest BCUT2D eigenvalue weighted by atomic mass is 16.5. The van der Waals surface area contributed by atoms with E-state index in [4.69, 9.17) is 14.0 Å². The maximum Gasteiger partial charge on any atom is 0.249 e. The van der Waals surface area contributed by atoms with E-state index >= 15 is 0 Å². The number of carbonyl (C=O) groups is 1. The van der Waals surface area contributed by atoms with Gasteiger partial charge in [-0.15, -0.1) is 0 Å². The molecule has 1 aromatic rings. The molecule has 8 nitrogen and oxygen atoms in total. The first-order chi connectivity index (χ1) is 11.3. The maximum absolute atomic E-state index is 12.0. The zero-order valence-corrected chi connectivity index (χ0v) is 13.5. The summed E-state index contributed by atoms with van der Waals surface area (Å²) in [6, 6.07) is 0.318. The molecule has 1 N–H and O–H groups in total. The number of nitrogens with zero attached hydrogens (tertiary/aromatic N) is 3. The molecule has 2 fully saturated rings. The van der Waals surface area contributed by atoms with Gasteiger partial charge in [-0.2, -0.15) is 4.98 Å². The molecule has 1 amide bonds. The average Bonchev–Trinajstić information content (AvgIpc) is 3.18. The van der Waals surface area contributed by atoms with Crippen molar-refractivity contribution in [2.75, 3.05) is 33.5 Å². The Hall–Kier alpha value is -1.51. The maximum atomic E-state index is 12.0. The van der Waals surface area contributed by atoms with Gasteiger partial charge in [0, 0.05) is 39.3 Å². The normalized spacial score (nSPS) is 22.9. The number of hydrogen-bond acceptors (Lipinski definition) is 7. The Morgan fingerprint density at radius 3 is 2.96 bits per heavy atom. The van der Waals surface area contributed by atoms with Gasteiger partial charge < -0.3 is 24.2 Å². The second-order valence-electron chi connectivity index (χ2n) is 5.95. The number of aromatic nitrogens is 2. The minimum absolute atomic E-state index is 0.118. The molecule has 0 saturated carbocycles. The van der Waals surface area contributed by atoms with Gasteiger partial charge in [-0.1, -0.05) is 5.16 Å². The Morgan fingerprint density at radius 1 is 1.35 bits per heavy atom. The van der Waals surface area contributed by atoms with Gasteiger partial charge in [0.1, 0.15) is 6.04 Å². The van der Waals surface area contributed by atoms with Gasteiger partial charge in [-0.25, -0.2) is 0 Å². The van der Waals surface area contributed by atoms with Crippen LogP contribution in [0, 0.1) is 0 Å². The minimum atomic E-state index is -0.123. The summed E-state index contributed by atoms with van der Waals surface area (Å²) in [6.07, 6.45) is 3.25. The fraction of sp³-hybridized carbons (Fsp3) is 0.800.